The van der Waals surface area contributed by atoms with Crippen molar-refractivity contribution in [3.8, 4) is 22.3 Å². The largest absolute Gasteiger partial charge is 0.352 e. The van der Waals surface area contributed by atoms with E-state index in [2.05, 4.69) is 224 Å². The van der Waals surface area contributed by atoms with Gasteiger partial charge in [-0.15, -0.1) is 0 Å². The number of thiophene rings is 1. The van der Waals surface area contributed by atoms with Crippen molar-refractivity contribution in [2.45, 2.75) is 0 Å². The highest BCUT2D eigenvalue weighted by Crippen LogP contribution is 2.60. The van der Waals surface area contributed by atoms with Gasteiger partial charge in [0.1, 0.15) is 0 Å². The number of benzene rings is 9. The molecule has 0 amide bonds. The van der Waals surface area contributed by atoms with E-state index in [1.54, 1.807) is 0 Å². The van der Waals surface area contributed by atoms with E-state index in [-0.39, 0.29) is 13.4 Å². The van der Waals surface area contributed by atoms with Gasteiger partial charge in [0.15, 0.2) is 0 Å². The molecule has 10 aromatic rings. The van der Waals surface area contributed by atoms with Crippen LogP contribution in [0.1, 0.15) is 0 Å². The van der Waals surface area contributed by atoms with Gasteiger partial charge < -0.3 is 30.2 Å². The van der Waals surface area contributed by atoms with Gasteiger partial charge in [-0.3, -0.25) is 0 Å². The Morgan fingerprint density at radius 1 is 0.328 bits per heavy atom. The van der Waals surface area contributed by atoms with Gasteiger partial charge in [-0.2, -0.15) is 11.3 Å². The van der Waals surface area contributed by atoms with Gasteiger partial charge in [-0.05, 0) is 105 Å². The minimum atomic E-state index is -0.00789. The van der Waals surface area contributed by atoms with Crippen LogP contribution in [0.4, 0.5) is 91.0 Å². The van der Waals surface area contributed by atoms with E-state index < -0.39 is 0 Å². The molecule has 0 bridgehead atoms. The second kappa shape index (κ2) is 12.3. The summed E-state index contributed by atoms with van der Waals surface area (Å²) in [4.78, 5) is 10.4. The number of nitrogens with zero attached hydrogens (tertiary/aromatic N) is 4. The van der Waals surface area contributed by atoms with Crippen LogP contribution in [0.3, 0.4) is 0 Å². The SMILES string of the molecule is c1ccc(-c2cc3c4c(c2)B2c5sc6c7c5N(c5ccccc5N7c5cccc7c5B6c5ccc(-c6ccccc6)c6c5N7c5ccccc5N6)c5cccc(c52)N4c2ccccc2N3)cc1. The molecule has 0 fully saturated rings. The molecule has 9 aromatic carbocycles. The van der Waals surface area contributed by atoms with Crippen molar-refractivity contribution in [2.24, 2.45) is 0 Å². The van der Waals surface area contributed by atoms with Gasteiger partial charge in [-0.25, -0.2) is 0 Å². The zero-order valence-electron chi connectivity index (χ0n) is 35.8. The monoisotopic (exact) mass is 868 g/mol. The lowest BCUT2D eigenvalue weighted by atomic mass is 9.35. The summed E-state index contributed by atoms with van der Waals surface area (Å²) in [5.41, 5.74) is 29.5. The Morgan fingerprint density at radius 2 is 0.806 bits per heavy atom. The van der Waals surface area contributed by atoms with Crippen LogP contribution in [0.5, 0.6) is 0 Å². The Hall–Kier alpha value is -8.39. The molecule has 308 valence electrons. The maximum atomic E-state index is 4.00. The third kappa shape index (κ3) is 4.21. The summed E-state index contributed by atoms with van der Waals surface area (Å²) in [6, 6.07) is 72.2. The predicted octanol–water partition coefficient (Wildman–Crippen LogP) is 11.7. The van der Waals surface area contributed by atoms with Crippen LogP contribution < -0.4 is 61.6 Å². The number of hydrogen-bond acceptors (Lipinski definition) is 7. The number of para-hydroxylation sites is 6. The molecular weight excluding hydrogens is 834 g/mol. The fourth-order valence-electron chi connectivity index (χ4n) is 12.8. The maximum absolute atomic E-state index is 4.00. The number of rotatable bonds is 2. The summed E-state index contributed by atoms with van der Waals surface area (Å²) in [5.74, 6) is 0. The average Bonchev–Trinajstić information content (AvgIpc) is 3.78. The Bertz CT molecular complexity index is 3890. The van der Waals surface area contributed by atoms with E-state index in [4.69, 9.17) is 0 Å². The van der Waals surface area contributed by atoms with Crippen molar-refractivity contribution in [3.05, 3.63) is 194 Å². The fourth-order valence-corrected chi connectivity index (χ4v) is 14.4. The summed E-state index contributed by atoms with van der Waals surface area (Å²) in [6.07, 6.45) is 0. The second-order valence-electron chi connectivity index (χ2n) is 18.5. The van der Waals surface area contributed by atoms with E-state index in [0.29, 0.717) is 0 Å². The first kappa shape index (κ1) is 34.9. The smallest absolute Gasteiger partial charge is 0.264 e. The number of nitrogens with one attached hydrogen (secondary N) is 2. The molecule has 2 N–H and O–H groups in total. The Morgan fingerprint density at radius 3 is 1.42 bits per heavy atom. The van der Waals surface area contributed by atoms with Crippen LogP contribution in [0, 0.1) is 0 Å². The summed E-state index contributed by atoms with van der Waals surface area (Å²) < 4.78 is 2.79. The van der Waals surface area contributed by atoms with Gasteiger partial charge >= 0.3 is 0 Å². The average molecular weight is 869 g/mol. The Labute approximate surface area is 391 Å². The first-order valence-electron chi connectivity index (χ1n) is 23.2. The summed E-state index contributed by atoms with van der Waals surface area (Å²) in [5, 5.41) is 7.94. The molecule has 0 saturated carbocycles. The van der Waals surface area contributed by atoms with Crippen LogP contribution in [0.2, 0.25) is 0 Å². The van der Waals surface area contributed by atoms with Gasteiger partial charge in [0, 0.05) is 37.9 Å². The molecule has 7 aliphatic rings. The van der Waals surface area contributed by atoms with E-state index in [1.807, 2.05) is 11.3 Å². The van der Waals surface area contributed by atoms with Gasteiger partial charge in [0.05, 0.1) is 68.2 Å². The lowest BCUT2D eigenvalue weighted by Gasteiger charge is -2.50. The molecular formula is C58H34B2N6S. The molecule has 8 heterocycles. The molecule has 67 heavy (non-hydrogen) atoms. The normalized spacial score (nSPS) is 14.6. The van der Waals surface area contributed by atoms with Crippen LogP contribution in [-0.4, -0.2) is 13.4 Å². The molecule has 0 aliphatic carbocycles. The highest BCUT2D eigenvalue weighted by Gasteiger charge is 2.55. The number of fused-ring (bicyclic) bond motifs is 15. The molecule has 7 aliphatic heterocycles. The highest BCUT2D eigenvalue weighted by atomic mass is 32.1. The summed E-state index contributed by atoms with van der Waals surface area (Å²) in [6.45, 7) is -0.00527. The summed E-state index contributed by atoms with van der Waals surface area (Å²) >= 11 is 2.04. The van der Waals surface area contributed by atoms with Crippen molar-refractivity contribution in [1.29, 1.82) is 0 Å². The Balaban J connectivity index is 0.987. The Kier molecular flexibility index (Phi) is 6.41. The molecule has 0 atom stereocenters. The molecule has 1 aromatic heterocycles. The minimum absolute atomic E-state index is 0.00262. The van der Waals surface area contributed by atoms with Crippen LogP contribution in [0.15, 0.2) is 194 Å². The second-order valence-corrected chi connectivity index (χ2v) is 19.6. The minimum Gasteiger partial charge on any atom is -0.352 e. The predicted molar refractivity (Wildman–Crippen MR) is 283 cm³/mol. The van der Waals surface area contributed by atoms with E-state index in [9.17, 15) is 0 Å². The standard InChI is InChI=1S/C58H34B2N6S/c1-3-15-33(16-4-1)35-31-38-53-41(32-35)61-39-19-7-9-21-42(39)63(53)46-25-13-28-49-51(46)60(38)58-56-55-57(67-58)59-37-30-29-36(34-17-5-2-6-18-34)52-54(37)64(43-22-10-8-20-40(43)62-52)47-26-14-27-48(50(47)59)65(55)44-23-11-12-24-45(44)66(49)56/h1-32,61-62H. The first-order chi connectivity index (χ1) is 33.3. The number of hydrogen-bond donors (Lipinski definition) is 2. The van der Waals surface area contributed by atoms with Crippen LogP contribution in [0.25, 0.3) is 22.3 Å². The molecule has 0 unspecified atom stereocenters. The molecule has 9 heteroatoms. The highest BCUT2D eigenvalue weighted by molar-refractivity contribution is 7.39. The molecule has 0 saturated heterocycles. The van der Waals surface area contributed by atoms with Crippen molar-refractivity contribution in [3.63, 3.8) is 0 Å². The molecule has 17 rings (SSSR count). The quantitative estimate of drug-likeness (QED) is 0.169. The molecule has 0 radical (unpaired) electrons. The number of anilines is 16. The van der Waals surface area contributed by atoms with Crippen molar-refractivity contribution >= 4 is 147 Å². The lowest BCUT2D eigenvalue weighted by molar-refractivity contribution is 1.18. The third-order valence-corrected chi connectivity index (χ3v) is 16.6. The first-order valence-corrected chi connectivity index (χ1v) is 24.0. The third-order valence-electron chi connectivity index (χ3n) is 15.3. The van der Waals surface area contributed by atoms with Crippen molar-refractivity contribution < 1.29 is 0 Å². The van der Waals surface area contributed by atoms with Crippen molar-refractivity contribution in [2.75, 3.05) is 30.2 Å². The van der Waals surface area contributed by atoms with E-state index >= 15 is 0 Å². The van der Waals surface area contributed by atoms with Crippen LogP contribution in [-0.2, 0) is 0 Å². The molecule has 0 spiro atoms. The fraction of sp³-hybridized carbons (Fsp3) is 0. The van der Waals surface area contributed by atoms with Crippen LogP contribution >= 0.6 is 11.3 Å². The zero-order chi connectivity index (χ0) is 43.2. The zero-order valence-corrected chi connectivity index (χ0v) is 36.6. The maximum Gasteiger partial charge on any atom is 0.264 e. The molecule has 6 nitrogen and oxygen atoms in total. The van der Waals surface area contributed by atoms with Gasteiger partial charge in [0.2, 0.25) is 0 Å². The topological polar surface area (TPSA) is 37.0 Å². The van der Waals surface area contributed by atoms with E-state index in [0.717, 1.165) is 22.7 Å². The summed E-state index contributed by atoms with van der Waals surface area (Å²) in [7, 11) is 0. The van der Waals surface area contributed by atoms with Gasteiger partial charge in [-0.1, -0.05) is 127 Å². The van der Waals surface area contributed by atoms with Gasteiger partial charge in [0.25, 0.3) is 13.4 Å². The van der Waals surface area contributed by atoms with E-state index in [1.165, 1.54) is 122 Å². The van der Waals surface area contributed by atoms with Crippen molar-refractivity contribution in [1.82, 2.24) is 0 Å². The lowest BCUT2D eigenvalue weighted by Crippen LogP contribution is -2.61.